The van der Waals surface area contributed by atoms with Crippen LogP contribution in [0.1, 0.15) is 43.6 Å². The van der Waals surface area contributed by atoms with Crippen molar-refractivity contribution in [3.05, 3.63) is 41.8 Å². The minimum atomic E-state index is -0.190. The van der Waals surface area contributed by atoms with E-state index in [9.17, 15) is 9.18 Å². The zero-order valence-electron chi connectivity index (χ0n) is 13.8. The van der Waals surface area contributed by atoms with E-state index in [1.807, 2.05) is 29.1 Å². The first-order valence-electron chi connectivity index (χ1n) is 9.04. The molecule has 3 aliphatic rings. The molecule has 3 unspecified atom stereocenters. The normalized spacial score (nSPS) is 35.9. The summed E-state index contributed by atoms with van der Waals surface area (Å²) in [6.07, 6.45) is 7.65. The summed E-state index contributed by atoms with van der Waals surface area (Å²) in [6.45, 7) is 0. The lowest BCUT2D eigenvalue weighted by atomic mass is 9.89. The van der Waals surface area contributed by atoms with Crippen LogP contribution < -0.4 is 3.53 Å². The van der Waals surface area contributed by atoms with Crippen molar-refractivity contribution in [2.45, 2.75) is 38.0 Å². The molecule has 1 N–H and O–H groups in total. The molecule has 3 aliphatic carbocycles. The van der Waals surface area contributed by atoms with Gasteiger partial charge in [0, 0.05) is 17.5 Å². The van der Waals surface area contributed by atoms with Gasteiger partial charge in [0.05, 0.1) is 28.4 Å². The van der Waals surface area contributed by atoms with Gasteiger partial charge < -0.3 is 0 Å². The Labute approximate surface area is 160 Å². The number of amides is 1. The molecule has 3 atom stereocenters. The van der Waals surface area contributed by atoms with Crippen molar-refractivity contribution in [3.8, 4) is 0 Å². The molecule has 1 spiro atoms. The van der Waals surface area contributed by atoms with Crippen LogP contribution in [0.4, 0.5) is 4.39 Å². The SMILES string of the molecule is O=C(NI)C1CC12CC1CC(c3ccnc4ccc(F)cc34)CC1C2. The molecule has 0 aliphatic heterocycles. The Kier molecular flexibility index (Phi) is 3.60. The van der Waals surface area contributed by atoms with Gasteiger partial charge in [0.2, 0.25) is 5.91 Å². The molecular formula is C20H20FIN2O. The fourth-order valence-corrected chi connectivity index (χ4v) is 6.20. The average molecular weight is 450 g/mol. The zero-order chi connectivity index (χ0) is 17.2. The summed E-state index contributed by atoms with van der Waals surface area (Å²) in [5, 5.41) is 0.968. The first-order valence-corrected chi connectivity index (χ1v) is 10.1. The van der Waals surface area contributed by atoms with Gasteiger partial charge in [0.15, 0.2) is 0 Å². The largest absolute Gasteiger partial charge is 0.299 e. The zero-order valence-corrected chi connectivity index (χ0v) is 16.0. The smallest absolute Gasteiger partial charge is 0.232 e. The molecule has 1 heterocycles. The number of carbonyl (C=O) groups excluding carboxylic acids is 1. The van der Waals surface area contributed by atoms with Crippen molar-refractivity contribution in [1.82, 2.24) is 8.51 Å². The van der Waals surface area contributed by atoms with E-state index >= 15 is 0 Å². The second kappa shape index (κ2) is 5.63. The maximum atomic E-state index is 13.7. The Morgan fingerprint density at radius 1 is 1.20 bits per heavy atom. The van der Waals surface area contributed by atoms with Gasteiger partial charge in [-0.15, -0.1) is 0 Å². The molecule has 3 nitrogen and oxygen atoms in total. The number of hydrogen-bond donors (Lipinski definition) is 1. The highest BCUT2D eigenvalue weighted by molar-refractivity contribution is 14.1. The van der Waals surface area contributed by atoms with Crippen molar-refractivity contribution >= 4 is 39.7 Å². The van der Waals surface area contributed by atoms with Crippen molar-refractivity contribution in [3.63, 3.8) is 0 Å². The molecule has 0 radical (unpaired) electrons. The van der Waals surface area contributed by atoms with Gasteiger partial charge in [-0.05, 0) is 85.1 Å². The molecule has 1 aromatic heterocycles. The molecule has 0 bridgehead atoms. The summed E-state index contributed by atoms with van der Waals surface area (Å²) < 4.78 is 16.5. The summed E-state index contributed by atoms with van der Waals surface area (Å²) in [6, 6.07) is 6.97. The molecule has 130 valence electrons. The van der Waals surface area contributed by atoms with E-state index in [1.54, 1.807) is 12.1 Å². The van der Waals surface area contributed by atoms with Gasteiger partial charge in [0.25, 0.3) is 0 Å². The summed E-state index contributed by atoms with van der Waals surface area (Å²) in [4.78, 5) is 16.3. The van der Waals surface area contributed by atoms with Crippen molar-refractivity contribution < 1.29 is 9.18 Å². The predicted octanol–water partition coefficient (Wildman–Crippen LogP) is 4.75. The molecule has 25 heavy (non-hydrogen) atoms. The van der Waals surface area contributed by atoms with Gasteiger partial charge in [-0.2, -0.15) is 0 Å². The third kappa shape index (κ3) is 2.49. The third-order valence-corrected chi connectivity index (χ3v) is 7.49. The summed E-state index contributed by atoms with van der Waals surface area (Å²) in [5.41, 5.74) is 2.43. The molecular weight excluding hydrogens is 430 g/mol. The van der Waals surface area contributed by atoms with Gasteiger partial charge in [-0.3, -0.25) is 13.3 Å². The molecule has 5 heteroatoms. The van der Waals surface area contributed by atoms with E-state index < -0.39 is 0 Å². The van der Waals surface area contributed by atoms with E-state index in [-0.39, 0.29) is 17.6 Å². The molecule has 5 rings (SSSR count). The Morgan fingerprint density at radius 2 is 1.96 bits per heavy atom. The maximum absolute atomic E-state index is 13.7. The molecule has 2 aromatic rings. The number of aromatic nitrogens is 1. The van der Waals surface area contributed by atoms with Crippen molar-refractivity contribution in [1.29, 1.82) is 0 Å². The van der Waals surface area contributed by atoms with Crippen LogP contribution in [0.25, 0.3) is 10.9 Å². The number of carbonyl (C=O) groups is 1. The van der Waals surface area contributed by atoms with Gasteiger partial charge in [-0.25, -0.2) is 4.39 Å². The Hall–Kier alpha value is -1.24. The van der Waals surface area contributed by atoms with E-state index in [0.717, 1.165) is 17.3 Å². The first kappa shape index (κ1) is 16.0. The van der Waals surface area contributed by atoms with Crippen LogP contribution in [0.2, 0.25) is 0 Å². The minimum Gasteiger partial charge on any atom is -0.299 e. The lowest BCUT2D eigenvalue weighted by molar-refractivity contribution is -0.120. The first-order chi connectivity index (χ1) is 12.1. The number of halogens is 2. The monoisotopic (exact) mass is 450 g/mol. The molecule has 3 saturated carbocycles. The predicted molar refractivity (Wildman–Crippen MR) is 103 cm³/mol. The van der Waals surface area contributed by atoms with E-state index in [1.165, 1.54) is 37.3 Å². The minimum absolute atomic E-state index is 0.190. The maximum Gasteiger partial charge on any atom is 0.232 e. The highest BCUT2D eigenvalue weighted by Crippen LogP contribution is 2.70. The number of nitrogens with one attached hydrogen (secondary N) is 1. The average Bonchev–Trinajstić information content (AvgIpc) is 2.99. The van der Waals surface area contributed by atoms with Gasteiger partial charge in [-0.1, -0.05) is 0 Å². The summed E-state index contributed by atoms with van der Waals surface area (Å²) in [7, 11) is 0. The quantitative estimate of drug-likeness (QED) is 0.530. The Balaban J connectivity index is 1.37. The lowest BCUT2D eigenvalue weighted by Gasteiger charge is -2.17. The highest BCUT2D eigenvalue weighted by Gasteiger charge is 2.64. The summed E-state index contributed by atoms with van der Waals surface area (Å²) in [5.74, 6) is 2.19. The topological polar surface area (TPSA) is 42.0 Å². The van der Waals surface area contributed by atoms with Crippen LogP contribution >= 0.6 is 22.9 Å². The fourth-order valence-electron chi connectivity index (χ4n) is 5.82. The highest BCUT2D eigenvalue weighted by atomic mass is 127. The van der Waals surface area contributed by atoms with E-state index in [0.29, 0.717) is 23.2 Å². The second-order valence-electron chi connectivity index (χ2n) is 8.24. The Bertz CT molecular complexity index is 856. The second-order valence-corrected chi connectivity index (χ2v) is 8.78. The molecule has 0 saturated heterocycles. The standard InChI is InChI=1S/C20H20FIN2O/c21-14-1-2-18-16(7-14)15(3-4-23-18)11-5-12-8-20(9-13(12)6-11)10-17(20)19(25)24-22/h1-4,7,11-13,17H,5-6,8-10H2,(H,24,25). The van der Waals surface area contributed by atoms with Crippen molar-refractivity contribution in [2.24, 2.45) is 23.2 Å². The molecule has 3 fully saturated rings. The summed E-state index contributed by atoms with van der Waals surface area (Å²) >= 11 is 1.96. The number of benzene rings is 1. The number of rotatable bonds is 2. The third-order valence-electron chi connectivity index (χ3n) is 6.96. The molecule has 1 amide bonds. The van der Waals surface area contributed by atoms with Crippen LogP contribution in [0.3, 0.4) is 0 Å². The van der Waals surface area contributed by atoms with Crippen LogP contribution in [-0.4, -0.2) is 10.9 Å². The van der Waals surface area contributed by atoms with Crippen LogP contribution in [0, 0.1) is 29.0 Å². The number of pyridine rings is 1. The Morgan fingerprint density at radius 3 is 2.68 bits per heavy atom. The van der Waals surface area contributed by atoms with Crippen LogP contribution in [0.15, 0.2) is 30.5 Å². The number of fused-ring (bicyclic) bond motifs is 2. The van der Waals surface area contributed by atoms with E-state index in [2.05, 4.69) is 14.6 Å². The number of hydrogen-bond acceptors (Lipinski definition) is 2. The van der Waals surface area contributed by atoms with Gasteiger partial charge in [0.1, 0.15) is 5.82 Å². The van der Waals surface area contributed by atoms with Gasteiger partial charge >= 0.3 is 0 Å². The molecule has 1 aromatic carbocycles. The van der Waals surface area contributed by atoms with E-state index in [4.69, 9.17) is 0 Å². The lowest BCUT2D eigenvalue weighted by Crippen LogP contribution is -2.18. The van der Waals surface area contributed by atoms with Crippen LogP contribution in [-0.2, 0) is 4.79 Å². The van der Waals surface area contributed by atoms with Crippen molar-refractivity contribution in [2.75, 3.05) is 0 Å². The number of nitrogens with zero attached hydrogens (tertiary/aromatic N) is 1. The van der Waals surface area contributed by atoms with Crippen LogP contribution in [0.5, 0.6) is 0 Å². The fraction of sp³-hybridized carbons (Fsp3) is 0.500.